The van der Waals surface area contributed by atoms with Gasteiger partial charge in [-0.2, -0.15) is 0 Å². The van der Waals surface area contributed by atoms with E-state index in [0.717, 1.165) is 12.0 Å². The van der Waals surface area contributed by atoms with Crippen LogP contribution in [0.4, 0.5) is 0 Å². The smallest absolute Gasteiger partial charge is 0.321 e. The van der Waals surface area contributed by atoms with Crippen molar-refractivity contribution in [3.05, 3.63) is 65.7 Å². The molecule has 2 N–H and O–H groups in total. The molecule has 2 aromatic carbocycles. The van der Waals surface area contributed by atoms with Crippen molar-refractivity contribution in [1.82, 2.24) is 0 Å². The second kappa shape index (κ2) is 4.84. The van der Waals surface area contributed by atoms with Crippen molar-refractivity contribution in [2.75, 3.05) is 0 Å². The minimum Gasteiger partial charge on any atom is -0.321 e. The van der Waals surface area contributed by atoms with Crippen molar-refractivity contribution < 1.29 is 14.4 Å². The van der Waals surface area contributed by atoms with Crippen molar-refractivity contribution in [2.24, 2.45) is 0 Å². The molecule has 2 rings (SSSR count). The summed E-state index contributed by atoms with van der Waals surface area (Å²) in [6, 6.07) is 16.4. The molecule has 0 aliphatic rings. The molecule has 0 saturated carbocycles. The van der Waals surface area contributed by atoms with E-state index in [2.05, 4.69) is 0 Å². The molecule has 0 radical (unpaired) electrons. The quantitative estimate of drug-likeness (QED) is 0.817. The van der Waals surface area contributed by atoms with Crippen molar-refractivity contribution in [3.63, 3.8) is 0 Å². The largest absolute Gasteiger partial charge is 0.356 e. The molecule has 0 atom stereocenters. The van der Waals surface area contributed by atoms with Crippen LogP contribution >= 0.6 is 7.60 Å². The van der Waals surface area contributed by atoms with E-state index in [4.69, 9.17) is 9.79 Å². The first kappa shape index (κ1) is 12.1. The minimum absolute atomic E-state index is 0.0642. The summed E-state index contributed by atoms with van der Waals surface area (Å²) in [6.07, 6.45) is 0.766. The zero-order valence-corrected chi connectivity index (χ0v) is 10.0. The highest BCUT2D eigenvalue weighted by atomic mass is 31.2. The SMILES string of the molecule is O=P(O)(O)c1ccc(Cc2ccccc2)cc1. The topological polar surface area (TPSA) is 57.5 Å². The standard InChI is InChI=1S/C13H13O3P/c14-17(15,16)13-8-6-12(7-9-13)10-11-4-2-1-3-5-11/h1-9H,10H2,(H2,14,15,16). The molecule has 0 bridgehead atoms. The molecule has 0 unspecified atom stereocenters. The molecule has 0 spiro atoms. The van der Waals surface area contributed by atoms with Gasteiger partial charge in [0.25, 0.3) is 0 Å². The Bertz CT molecular complexity index is 528. The summed E-state index contributed by atoms with van der Waals surface area (Å²) in [5.74, 6) is 0. The van der Waals surface area contributed by atoms with Crippen LogP contribution in [0.3, 0.4) is 0 Å². The Hall–Kier alpha value is -1.41. The van der Waals surface area contributed by atoms with Gasteiger partial charge in [-0.3, -0.25) is 4.57 Å². The molecule has 2 aromatic rings. The molecule has 3 nitrogen and oxygen atoms in total. The van der Waals surface area contributed by atoms with Crippen molar-refractivity contribution in [1.29, 1.82) is 0 Å². The third-order valence-electron chi connectivity index (χ3n) is 2.52. The summed E-state index contributed by atoms with van der Waals surface area (Å²) in [6.45, 7) is 0. The molecular weight excluding hydrogens is 235 g/mol. The van der Waals surface area contributed by atoms with Crippen LogP contribution in [0.25, 0.3) is 0 Å². The highest BCUT2D eigenvalue weighted by molar-refractivity contribution is 7.60. The molecule has 0 heterocycles. The highest BCUT2D eigenvalue weighted by Gasteiger charge is 2.15. The Balaban J connectivity index is 2.17. The van der Waals surface area contributed by atoms with Crippen LogP contribution in [0.2, 0.25) is 0 Å². The molecule has 0 amide bonds. The minimum atomic E-state index is -4.12. The normalized spacial score (nSPS) is 11.4. The van der Waals surface area contributed by atoms with Crippen LogP contribution in [-0.4, -0.2) is 9.79 Å². The van der Waals surface area contributed by atoms with Gasteiger partial charge in [-0.15, -0.1) is 0 Å². The van der Waals surface area contributed by atoms with Gasteiger partial charge < -0.3 is 9.79 Å². The summed E-state index contributed by atoms with van der Waals surface area (Å²) in [5.41, 5.74) is 2.21. The van der Waals surface area contributed by atoms with Gasteiger partial charge in [0.1, 0.15) is 0 Å². The van der Waals surface area contributed by atoms with E-state index in [-0.39, 0.29) is 5.30 Å². The van der Waals surface area contributed by atoms with E-state index in [1.54, 1.807) is 12.1 Å². The molecule has 0 saturated heterocycles. The molecule has 4 heteroatoms. The van der Waals surface area contributed by atoms with Crippen molar-refractivity contribution in [3.8, 4) is 0 Å². The lowest BCUT2D eigenvalue weighted by atomic mass is 10.1. The number of benzene rings is 2. The van der Waals surface area contributed by atoms with Gasteiger partial charge in [-0.1, -0.05) is 42.5 Å². The zero-order chi connectivity index (χ0) is 12.3. The van der Waals surface area contributed by atoms with Crippen LogP contribution in [0, 0.1) is 0 Å². The van der Waals surface area contributed by atoms with Crippen molar-refractivity contribution >= 4 is 12.9 Å². The van der Waals surface area contributed by atoms with Gasteiger partial charge in [0.05, 0.1) is 5.30 Å². The Kier molecular flexibility index (Phi) is 3.43. The van der Waals surface area contributed by atoms with Crippen LogP contribution in [0.5, 0.6) is 0 Å². The third-order valence-corrected chi connectivity index (χ3v) is 3.49. The maximum Gasteiger partial charge on any atom is 0.356 e. The van der Waals surface area contributed by atoms with E-state index in [0.29, 0.717) is 0 Å². The van der Waals surface area contributed by atoms with E-state index in [1.807, 2.05) is 30.3 Å². The molecule has 88 valence electrons. The first-order valence-corrected chi connectivity index (χ1v) is 6.86. The number of hydrogen-bond acceptors (Lipinski definition) is 1. The first-order chi connectivity index (χ1) is 8.05. The second-order valence-electron chi connectivity index (χ2n) is 3.87. The lowest BCUT2D eigenvalue weighted by Gasteiger charge is -2.05. The summed E-state index contributed by atoms with van der Waals surface area (Å²) in [7, 11) is -4.12. The van der Waals surface area contributed by atoms with Crippen LogP contribution in [-0.2, 0) is 11.0 Å². The van der Waals surface area contributed by atoms with Gasteiger partial charge in [0, 0.05) is 0 Å². The summed E-state index contributed by atoms with van der Waals surface area (Å²) >= 11 is 0. The maximum absolute atomic E-state index is 11.0. The fourth-order valence-electron chi connectivity index (χ4n) is 1.64. The lowest BCUT2D eigenvalue weighted by Crippen LogP contribution is -2.03. The molecular formula is C13H13O3P. The monoisotopic (exact) mass is 248 g/mol. The Labute approximate surface area is 99.9 Å². The second-order valence-corrected chi connectivity index (χ2v) is 5.48. The summed E-state index contributed by atoms with van der Waals surface area (Å²) in [5, 5.41) is 0.0642. The summed E-state index contributed by atoms with van der Waals surface area (Å²) < 4.78 is 11.0. The van der Waals surface area contributed by atoms with E-state index in [1.165, 1.54) is 17.7 Å². The van der Waals surface area contributed by atoms with Gasteiger partial charge in [-0.05, 0) is 29.7 Å². The fourth-order valence-corrected chi connectivity index (χ4v) is 2.18. The molecule has 0 fully saturated rings. The highest BCUT2D eigenvalue weighted by Crippen LogP contribution is 2.32. The average Bonchev–Trinajstić information content (AvgIpc) is 2.30. The van der Waals surface area contributed by atoms with E-state index >= 15 is 0 Å². The maximum atomic E-state index is 11.0. The molecule has 0 aliphatic carbocycles. The van der Waals surface area contributed by atoms with Crippen LogP contribution in [0.1, 0.15) is 11.1 Å². The molecule has 0 aliphatic heterocycles. The predicted molar refractivity (Wildman–Crippen MR) is 67.4 cm³/mol. The first-order valence-electron chi connectivity index (χ1n) is 5.25. The average molecular weight is 248 g/mol. The summed E-state index contributed by atoms with van der Waals surface area (Å²) in [4.78, 5) is 18.0. The number of hydrogen-bond donors (Lipinski definition) is 2. The molecule has 17 heavy (non-hydrogen) atoms. The van der Waals surface area contributed by atoms with E-state index < -0.39 is 7.60 Å². The van der Waals surface area contributed by atoms with Crippen LogP contribution in [0.15, 0.2) is 54.6 Å². The Morgan fingerprint density at radius 3 is 1.88 bits per heavy atom. The van der Waals surface area contributed by atoms with Crippen molar-refractivity contribution in [2.45, 2.75) is 6.42 Å². The third kappa shape index (κ3) is 3.27. The van der Waals surface area contributed by atoms with E-state index in [9.17, 15) is 4.57 Å². The molecule has 0 aromatic heterocycles. The van der Waals surface area contributed by atoms with Gasteiger partial charge >= 0.3 is 7.60 Å². The van der Waals surface area contributed by atoms with Crippen LogP contribution < -0.4 is 5.30 Å². The predicted octanol–water partition coefficient (Wildman–Crippen LogP) is 2.08. The Morgan fingerprint density at radius 2 is 1.35 bits per heavy atom. The van der Waals surface area contributed by atoms with Gasteiger partial charge in [0.15, 0.2) is 0 Å². The zero-order valence-electron chi connectivity index (χ0n) is 9.15. The van der Waals surface area contributed by atoms with Gasteiger partial charge in [0.2, 0.25) is 0 Å². The Morgan fingerprint density at radius 1 is 0.824 bits per heavy atom. The number of rotatable bonds is 3. The lowest BCUT2D eigenvalue weighted by molar-refractivity contribution is 0.387. The van der Waals surface area contributed by atoms with Gasteiger partial charge in [-0.25, -0.2) is 0 Å². The fraction of sp³-hybridized carbons (Fsp3) is 0.0769.